The monoisotopic (exact) mass is 806 g/mol. The Morgan fingerprint density at radius 1 is 0.965 bits per heavy atom. The van der Waals surface area contributed by atoms with Crippen LogP contribution in [0.15, 0.2) is 30.9 Å². The molecule has 2 unspecified atom stereocenters. The van der Waals surface area contributed by atoms with Gasteiger partial charge in [-0.25, -0.2) is 23.2 Å². The molecule has 4 amide bonds. The van der Waals surface area contributed by atoms with Gasteiger partial charge in [0.1, 0.15) is 35.6 Å². The van der Waals surface area contributed by atoms with Gasteiger partial charge in [0.05, 0.1) is 35.6 Å². The molecule has 0 aromatic carbocycles. The summed E-state index contributed by atoms with van der Waals surface area (Å²) < 4.78 is 45.9. The van der Waals surface area contributed by atoms with Gasteiger partial charge in [0.25, 0.3) is 5.91 Å². The lowest BCUT2D eigenvalue weighted by atomic mass is 9.96. The van der Waals surface area contributed by atoms with E-state index in [9.17, 15) is 27.6 Å². The minimum Gasteiger partial charge on any atom is -0.486 e. The van der Waals surface area contributed by atoms with Gasteiger partial charge >= 0.3 is 6.09 Å². The quantitative estimate of drug-likeness (QED) is 0.323. The Hall–Kier alpha value is -4.47. The molecule has 2 aliphatic heterocycles. The molecule has 7 atom stereocenters. The smallest absolute Gasteiger partial charge is 0.408 e. The van der Waals surface area contributed by atoms with Gasteiger partial charge in [-0.05, 0) is 88.5 Å². The topological polar surface area (TPSA) is 195 Å². The average Bonchev–Trinajstić information content (AvgIpc) is 3.98. The predicted molar refractivity (Wildman–Crippen MR) is 209 cm³/mol. The van der Waals surface area contributed by atoms with Gasteiger partial charge in [-0.1, -0.05) is 31.8 Å². The molecule has 0 spiro atoms. The number of rotatable bonds is 8. The van der Waals surface area contributed by atoms with Crippen molar-refractivity contribution in [1.29, 1.82) is 0 Å². The number of nitrogens with one attached hydrogen (secondary N) is 3. The van der Waals surface area contributed by atoms with Gasteiger partial charge < -0.3 is 29.7 Å². The molecule has 2 aromatic rings. The molecular formula is C41H54N6O9S. The lowest BCUT2D eigenvalue weighted by molar-refractivity contribution is -0.142. The molecule has 57 heavy (non-hydrogen) atoms. The van der Waals surface area contributed by atoms with E-state index in [0.29, 0.717) is 41.9 Å². The van der Waals surface area contributed by atoms with Gasteiger partial charge in [0, 0.05) is 24.5 Å². The molecule has 4 saturated carbocycles. The summed E-state index contributed by atoms with van der Waals surface area (Å²) in [5.41, 5.74) is 0.477. The van der Waals surface area contributed by atoms with Crippen LogP contribution in [-0.4, -0.2) is 95.8 Å². The van der Waals surface area contributed by atoms with E-state index in [1.54, 1.807) is 13.2 Å². The molecule has 4 heterocycles. The Kier molecular flexibility index (Phi) is 11.1. The molecule has 5 fully saturated rings. The van der Waals surface area contributed by atoms with Gasteiger partial charge in [-0.15, -0.1) is 6.58 Å². The molecular weight excluding hydrogens is 753 g/mol. The van der Waals surface area contributed by atoms with Gasteiger partial charge in [0.15, 0.2) is 0 Å². The number of ether oxygens (including phenoxy) is 3. The molecule has 2 bridgehead atoms. The fourth-order valence-corrected chi connectivity index (χ4v) is 10.9. The number of hydrogen-bond donors (Lipinski definition) is 3. The fourth-order valence-electron chi connectivity index (χ4n) is 9.54. The Labute approximate surface area is 333 Å². The Morgan fingerprint density at radius 2 is 1.72 bits per heavy atom. The summed E-state index contributed by atoms with van der Waals surface area (Å²) in [4.78, 5) is 67.6. The van der Waals surface area contributed by atoms with E-state index in [1.807, 2.05) is 12.1 Å². The van der Waals surface area contributed by atoms with E-state index in [2.05, 4.69) is 26.9 Å². The second kappa shape index (κ2) is 16.1. The van der Waals surface area contributed by atoms with Crippen molar-refractivity contribution in [3.8, 4) is 11.6 Å². The first-order valence-corrected chi connectivity index (χ1v) is 22.3. The van der Waals surface area contributed by atoms with Crippen LogP contribution >= 0.6 is 0 Å². The van der Waals surface area contributed by atoms with Crippen LogP contribution in [-0.2, 0) is 35.6 Å². The standard InChI is InChI=1S/C41H54N6O9S/c1-3-26-22-41(26,39(50)46-57(52,53)28-16-17-28)45-37(48)32-20-27-23-47(32)38(49)36(25-11-7-8-12-25)44-40(51)56-33-15-9-13-24(33)10-5-4-6-14-30-34(55-27)21-31-29(42-30)18-19-35(43-31)54-2/h3,18-19,21,24-28,32-33,36H,1,4-17,20,22-23H2,2H3,(H,44,51)(H,45,48)(H,46,50)/t24-,26-,27?,32+,33-,36?,41-/m1/s1. The number of hydrogen-bond acceptors (Lipinski definition) is 11. The SMILES string of the molecule is C=C[C@@H]1C[C@]1(NC(=O)[C@@H]1CC2CN1C(=O)C(C1CCCC1)NC(=O)O[C@@H]1CCC[C@H]1CCCCCc1nc3ccc(OC)nc3cc1O2)C(=O)NS(=O)(=O)C1CC1. The van der Waals surface area contributed by atoms with E-state index in [4.69, 9.17) is 19.2 Å². The second-order valence-corrected chi connectivity index (χ2v) is 18.9. The predicted octanol–water partition coefficient (Wildman–Crippen LogP) is 4.23. The van der Waals surface area contributed by atoms with Crippen molar-refractivity contribution in [2.24, 2.45) is 17.8 Å². The number of pyridine rings is 2. The lowest BCUT2D eigenvalue weighted by Crippen LogP contribution is -2.59. The highest BCUT2D eigenvalue weighted by atomic mass is 32.2. The number of nitrogens with zero attached hydrogens (tertiary/aromatic N) is 3. The van der Waals surface area contributed by atoms with Crippen LogP contribution in [0.25, 0.3) is 11.0 Å². The number of fused-ring (bicyclic) bond motifs is 5. The summed E-state index contributed by atoms with van der Waals surface area (Å²) in [6.07, 6.45) is 11.5. The highest BCUT2D eigenvalue weighted by molar-refractivity contribution is 7.91. The number of carbonyl (C=O) groups is 4. The molecule has 15 nitrogen and oxygen atoms in total. The van der Waals surface area contributed by atoms with Crippen LogP contribution in [0.4, 0.5) is 4.79 Å². The minimum atomic E-state index is -3.90. The first-order valence-electron chi connectivity index (χ1n) is 20.8. The molecule has 16 heteroatoms. The number of alkyl carbamates (subject to hydrolysis) is 1. The molecule has 308 valence electrons. The summed E-state index contributed by atoms with van der Waals surface area (Å²) in [5, 5.41) is 5.18. The molecule has 0 radical (unpaired) electrons. The number of methoxy groups -OCH3 is 1. The molecule has 8 rings (SSSR count). The summed E-state index contributed by atoms with van der Waals surface area (Å²) in [6.45, 7) is 3.84. The molecule has 6 aliphatic rings. The first kappa shape index (κ1) is 39.4. The first-order chi connectivity index (χ1) is 27.5. The summed E-state index contributed by atoms with van der Waals surface area (Å²) >= 11 is 0. The van der Waals surface area contributed by atoms with Gasteiger partial charge in [-0.2, -0.15) is 0 Å². The molecule has 4 aliphatic carbocycles. The highest BCUT2D eigenvalue weighted by Crippen LogP contribution is 2.46. The number of aromatic nitrogens is 2. The summed E-state index contributed by atoms with van der Waals surface area (Å²) in [5.74, 6) is -1.36. The number of sulfonamides is 1. The van der Waals surface area contributed by atoms with E-state index in [0.717, 1.165) is 76.3 Å². The van der Waals surface area contributed by atoms with E-state index in [-0.39, 0.29) is 37.3 Å². The third-order valence-electron chi connectivity index (χ3n) is 13.0. The average molecular weight is 807 g/mol. The molecule has 1 saturated heterocycles. The van der Waals surface area contributed by atoms with Gasteiger partial charge in [-0.3, -0.25) is 19.1 Å². The third-order valence-corrected chi connectivity index (χ3v) is 14.9. The zero-order valence-corrected chi connectivity index (χ0v) is 33.4. The van der Waals surface area contributed by atoms with Crippen molar-refractivity contribution in [2.45, 2.75) is 138 Å². The van der Waals surface area contributed by atoms with Crippen LogP contribution < -0.4 is 24.8 Å². The Morgan fingerprint density at radius 3 is 2.46 bits per heavy atom. The van der Waals surface area contributed by atoms with Crippen LogP contribution in [0.1, 0.15) is 102 Å². The minimum absolute atomic E-state index is 0.0186. The van der Waals surface area contributed by atoms with Crippen molar-refractivity contribution < 1.29 is 41.8 Å². The van der Waals surface area contributed by atoms with Crippen molar-refractivity contribution >= 4 is 44.9 Å². The maximum absolute atomic E-state index is 14.9. The maximum Gasteiger partial charge on any atom is 0.408 e. The maximum atomic E-state index is 14.9. The highest BCUT2D eigenvalue weighted by Gasteiger charge is 2.62. The van der Waals surface area contributed by atoms with E-state index >= 15 is 0 Å². The van der Waals surface area contributed by atoms with Crippen molar-refractivity contribution in [2.75, 3.05) is 13.7 Å². The zero-order chi connectivity index (χ0) is 39.9. The number of aryl methyl sites for hydroxylation is 1. The zero-order valence-electron chi connectivity index (χ0n) is 32.6. The third kappa shape index (κ3) is 8.28. The van der Waals surface area contributed by atoms with Crippen LogP contribution in [0, 0.1) is 17.8 Å². The van der Waals surface area contributed by atoms with Crippen molar-refractivity contribution in [3.63, 3.8) is 0 Å². The van der Waals surface area contributed by atoms with Crippen LogP contribution in [0.2, 0.25) is 0 Å². The number of amides is 4. The molecule has 3 N–H and O–H groups in total. The summed E-state index contributed by atoms with van der Waals surface area (Å²) in [7, 11) is -2.35. The van der Waals surface area contributed by atoms with Crippen LogP contribution in [0.3, 0.4) is 0 Å². The second-order valence-electron chi connectivity index (χ2n) is 16.9. The lowest BCUT2D eigenvalue weighted by Gasteiger charge is -2.32. The Bertz CT molecular complexity index is 2020. The number of carbonyl (C=O) groups excluding carboxylic acids is 4. The van der Waals surface area contributed by atoms with Crippen molar-refractivity contribution in [1.82, 2.24) is 30.2 Å². The van der Waals surface area contributed by atoms with Crippen molar-refractivity contribution in [3.05, 3.63) is 36.5 Å². The van der Waals surface area contributed by atoms with E-state index < -0.39 is 68.7 Å². The van der Waals surface area contributed by atoms with Crippen LogP contribution in [0.5, 0.6) is 11.6 Å². The van der Waals surface area contributed by atoms with Gasteiger partial charge in [0.2, 0.25) is 27.7 Å². The largest absolute Gasteiger partial charge is 0.486 e. The fraction of sp³-hybridized carbons (Fsp3) is 0.659. The normalized spacial score (nSPS) is 31.1. The summed E-state index contributed by atoms with van der Waals surface area (Å²) in [6, 6.07) is 3.41. The Balaban J connectivity index is 1.13. The van der Waals surface area contributed by atoms with E-state index in [1.165, 1.54) is 11.0 Å². The molecule has 2 aromatic heterocycles.